The number of allylic oxidation sites excluding steroid dienone is 4. The molecule has 8 aromatic rings. The highest BCUT2D eigenvalue weighted by Crippen LogP contribution is 2.41. The summed E-state index contributed by atoms with van der Waals surface area (Å²) in [6.45, 7) is 2.31. The molecule has 51 heavy (non-hydrogen) atoms. The molecule has 0 radical (unpaired) electrons. The number of para-hydroxylation sites is 1. The molecule has 0 spiro atoms. The first-order chi connectivity index (χ1) is 25.2. The Labute approximate surface area is 298 Å². The van der Waals surface area contributed by atoms with E-state index >= 15 is 0 Å². The Morgan fingerprint density at radius 1 is 0.490 bits per heavy atom. The molecule has 0 N–H and O–H groups in total. The van der Waals surface area contributed by atoms with Crippen molar-refractivity contribution in [3.63, 3.8) is 0 Å². The van der Waals surface area contributed by atoms with Crippen LogP contribution in [0.15, 0.2) is 182 Å². The SMILES string of the molecule is CC1C(c2ccccc2)=CC=CC1c1cc(-c2ccc(-c3cnc4ccccc4c3)nc2)c2cc(-c3cccc(-c4ccccc4)c3)ccc2n1. The number of benzene rings is 5. The first kappa shape index (κ1) is 30.6. The van der Waals surface area contributed by atoms with Crippen LogP contribution < -0.4 is 0 Å². The van der Waals surface area contributed by atoms with Gasteiger partial charge in [-0.25, -0.2) is 0 Å². The lowest BCUT2D eigenvalue weighted by Crippen LogP contribution is -2.14. The Balaban J connectivity index is 1.15. The lowest BCUT2D eigenvalue weighted by atomic mass is 9.78. The van der Waals surface area contributed by atoms with E-state index in [0.717, 1.165) is 55.4 Å². The van der Waals surface area contributed by atoms with E-state index < -0.39 is 0 Å². The summed E-state index contributed by atoms with van der Waals surface area (Å²) in [4.78, 5) is 15.0. The van der Waals surface area contributed by atoms with Gasteiger partial charge < -0.3 is 0 Å². The van der Waals surface area contributed by atoms with Gasteiger partial charge in [-0.2, -0.15) is 0 Å². The average Bonchev–Trinajstić information content (AvgIpc) is 3.21. The highest BCUT2D eigenvalue weighted by molar-refractivity contribution is 5.98. The highest BCUT2D eigenvalue weighted by atomic mass is 14.7. The molecule has 2 unspecified atom stereocenters. The summed E-state index contributed by atoms with van der Waals surface area (Å²) in [5.41, 5.74) is 14.4. The van der Waals surface area contributed by atoms with Gasteiger partial charge in [0.2, 0.25) is 0 Å². The fourth-order valence-corrected chi connectivity index (χ4v) is 7.41. The Bertz CT molecular complexity index is 2590. The predicted octanol–water partition coefficient (Wildman–Crippen LogP) is 12.2. The van der Waals surface area contributed by atoms with Gasteiger partial charge >= 0.3 is 0 Å². The van der Waals surface area contributed by atoms with Crippen LogP contribution in [-0.2, 0) is 0 Å². The smallest absolute Gasteiger partial charge is 0.0718 e. The van der Waals surface area contributed by atoms with Gasteiger partial charge in [0.05, 0.1) is 16.7 Å². The molecule has 2 atom stereocenters. The lowest BCUT2D eigenvalue weighted by molar-refractivity contribution is 0.639. The second kappa shape index (κ2) is 13.1. The van der Waals surface area contributed by atoms with Crippen molar-refractivity contribution in [2.75, 3.05) is 0 Å². The summed E-state index contributed by atoms with van der Waals surface area (Å²) < 4.78 is 0. The van der Waals surface area contributed by atoms with Gasteiger partial charge in [0.15, 0.2) is 0 Å². The molecule has 0 saturated carbocycles. The molecule has 1 aliphatic rings. The zero-order valence-corrected chi connectivity index (χ0v) is 28.3. The number of hydrogen-bond acceptors (Lipinski definition) is 3. The third-order valence-corrected chi connectivity index (χ3v) is 10.2. The van der Waals surface area contributed by atoms with Crippen molar-refractivity contribution in [1.29, 1.82) is 0 Å². The van der Waals surface area contributed by atoms with E-state index in [-0.39, 0.29) is 11.8 Å². The number of rotatable bonds is 6. The zero-order valence-electron chi connectivity index (χ0n) is 28.3. The molecular weight excluding hydrogens is 619 g/mol. The summed E-state index contributed by atoms with van der Waals surface area (Å²) in [6, 6.07) is 53.7. The van der Waals surface area contributed by atoms with E-state index in [1.54, 1.807) is 0 Å². The van der Waals surface area contributed by atoms with E-state index in [2.05, 4.69) is 164 Å². The van der Waals surface area contributed by atoms with Crippen LogP contribution in [0.5, 0.6) is 0 Å². The maximum Gasteiger partial charge on any atom is 0.0718 e. The van der Waals surface area contributed by atoms with Crippen molar-refractivity contribution in [3.05, 3.63) is 194 Å². The topological polar surface area (TPSA) is 38.7 Å². The van der Waals surface area contributed by atoms with Crippen molar-refractivity contribution in [1.82, 2.24) is 15.0 Å². The van der Waals surface area contributed by atoms with Gasteiger partial charge in [0.25, 0.3) is 0 Å². The molecule has 0 fully saturated rings. The minimum Gasteiger partial charge on any atom is -0.256 e. The standard InChI is InChI=1S/C48H35N3/c1-32-41(34-14-6-3-7-15-34)19-11-20-42(32)48-29-43(39-23-24-46(49-30-39)40-27-38-16-8-9-21-45(38)50-31-40)44-28-37(22-25-47(44)51-48)36-18-10-17-35(26-36)33-12-4-2-5-13-33/h2-32,42H,1H3. The van der Waals surface area contributed by atoms with Gasteiger partial charge in [0.1, 0.15) is 0 Å². The van der Waals surface area contributed by atoms with E-state index in [9.17, 15) is 0 Å². The molecule has 0 amide bonds. The third kappa shape index (κ3) is 5.94. The van der Waals surface area contributed by atoms with Crippen molar-refractivity contribution in [2.45, 2.75) is 12.8 Å². The van der Waals surface area contributed by atoms with Gasteiger partial charge in [-0.05, 0) is 87.3 Å². The second-order valence-electron chi connectivity index (χ2n) is 13.3. The summed E-state index contributed by atoms with van der Waals surface area (Å²) in [6.07, 6.45) is 10.6. The molecule has 0 saturated heterocycles. The fourth-order valence-electron chi connectivity index (χ4n) is 7.41. The molecule has 5 aromatic carbocycles. The predicted molar refractivity (Wildman–Crippen MR) is 212 cm³/mol. The Morgan fingerprint density at radius 2 is 1.18 bits per heavy atom. The molecule has 9 rings (SSSR count). The number of fused-ring (bicyclic) bond motifs is 2. The lowest BCUT2D eigenvalue weighted by Gasteiger charge is -2.27. The van der Waals surface area contributed by atoms with Gasteiger partial charge in [-0.3, -0.25) is 15.0 Å². The van der Waals surface area contributed by atoms with E-state index in [1.807, 2.05) is 30.6 Å². The third-order valence-electron chi connectivity index (χ3n) is 10.2. The van der Waals surface area contributed by atoms with Crippen molar-refractivity contribution in [2.24, 2.45) is 5.92 Å². The van der Waals surface area contributed by atoms with Crippen LogP contribution in [-0.4, -0.2) is 15.0 Å². The molecular formula is C48H35N3. The van der Waals surface area contributed by atoms with Gasteiger partial charge in [-0.15, -0.1) is 0 Å². The van der Waals surface area contributed by atoms with Crippen LogP contribution in [0.1, 0.15) is 24.1 Å². The number of hydrogen-bond donors (Lipinski definition) is 0. The van der Waals surface area contributed by atoms with E-state index in [0.29, 0.717) is 0 Å². The maximum absolute atomic E-state index is 5.35. The molecule has 242 valence electrons. The fraction of sp³-hybridized carbons (Fsp3) is 0.0625. The van der Waals surface area contributed by atoms with Crippen LogP contribution in [0.2, 0.25) is 0 Å². The summed E-state index contributed by atoms with van der Waals surface area (Å²) in [7, 11) is 0. The first-order valence-electron chi connectivity index (χ1n) is 17.5. The average molecular weight is 654 g/mol. The summed E-state index contributed by atoms with van der Waals surface area (Å²) >= 11 is 0. The van der Waals surface area contributed by atoms with Crippen molar-refractivity contribution < 1.29 is 0 Å². The molecule has 0 aliphatic heterocycles. The Hall–Kier alpha value is -6.45. The Kier molecular flexibility index (Phi) is 7.87. The monoisotopic (exact) mass is 653 g/mol. The second-order valence-corrected chi connectivity index (χ2v) is 13.3. The first-order valence-corrected chi connectivity index (χ1v) is 17.5. The summed E-state index contributed by atoms with van der Waals surface area (Å²) in [5, 5.41) is 2.21. The number of pyridine rings is 3. The van der Waals surface area contributed by atoms with Gasteiger partial charge in [0, 0.05) is 45.9 Å². The molecule has 3 aromatic heterocycles. The number of nitrogens with zero attached hydrogens (tertiary/aromatic N) is 3. The summed E-state index contributed by atoms with van der Waals surface area (Å²) in [5.74, 6) is 0.391. The van der Waals surface area contributed by atoms with Crippen molar-refractivity contribution in [3.8, 4) is 44.6 Å². The van der Waals surface area contributed by atoms with E-state index in [4.69, 9.17) is 9.97 Å². The van der Waals surface area contributed by atoms with Crippen LogP contribution in [0.3, 0.4) is 0 Å². The highest BCUT2D eigenvalue weighted by Gasteiger charge is 2.26. The molecule has 0 bridgehead atoms. The number of aromatic nitrogens is 3. The molecule has 3 nitrogen and oxygen atoms in total. The van der Waals surface area contributed by atoms with Crippen LogP contribution in [0, 0.1) is 5.92 Å². The minimum absolute atomic E-state index is 0.131. The van der Waals surface area contributed by atoms with Crippen molar-refractivity contribution >= 4 is 27.4 Å². The van der Waals surface area contributed by atoms with E-state index in [1.165, 1.54) is 27.8 Å². The minimum atomic E-state index is 0.131. The quantitative estimate of drug-likeness (QED) is 0.179. The van der Waals surface area contributed by atoms with Crippen LogP contribution in [0.4, 0.5) is 0 Å². The Morgan fingerprint density at radius 3 is 1.98 bits per heavy atom. The van der Waals surface area contributed by atoms with Gasteiger partial charge in [-0.1, -0.05) is 134 Å². The van der Waals surface area contributed by atoms with Crippen LogP contribution in [0.25, 0.3) is 72.0 Å². The normalized spacial score (nSPS) is 15.6. The molecule has 3 heteroatoms. The largest absolute Gasteiger partial charge is 0.256 e. The zero-order chi connectivity index (χ0) is 34.1. The molecule has 3 heterocycles. The maximum atomic E-state index is 5.35. The van der Waals surface area contributed by atoms with Crippen LogP contribution >= 0.6 is 0 Å². The molecule has 1 aliphatic carbocycles.